The second kappa shape index (κ2) is 8.00. The molecule has 1 atom stereocenters. The number of rotatable bonds is 6. The summed E-state index contributed by atoms with van der Waals surface area (Å²) in [4.78, 5) is 23.8. The fourth-order valence-electron chi connectivity index (χ4n) is 2.50. The van der Waals surface area contributed by atoms with Crippen molar-refractivity contribution in [1.29, 1.82) is 0 Å². The third-order valence-electron chi connectivity index (χ3n) is 3.87. The summed E-state index contributed by atoms with van der Waals surface area (Å²) in [6.45, 7) is 5.78. The van der Waals surface area contributed by atoms with Gasteiger partial charge in [0.2, 0.25) is 5.91 Å². The lowest BCUT2D eigenvalue weighted by Gasteiger charge is -2.21. The van der Waals surface area contributed by atoms with E-state index in [9.17, 15) is 9.59 Å². The van der Waals surface area contributed by atoms with Gasteiger partial charge in [-0.25, -0.2) is 5.01 Å². The third-order valence-corrected chi connectivity index (χ3v) is 3.87. The molecular weight excluding hydrogens is 322 g/mol. The molecular formula is C18H25N3O4. The first-order chi connectivity index (χ1) is 11.8. The van der Waals surface area contributed by atoms with Crippen molar-refractivity contribution in [2.75, 3.05) is 14.2 Å². The van der Waals surface area contributed by atoms with Gasteiger partial charge in [0.25, 0.3) is 5.91 Å². The Morgan fingerprint density at radius 2 is 1.96 bits per heavy atom. The Bertz CT molecular complexity index is 685. The summed E-state index contributed by atoms with van der Waals surface area (Å²) in [6, 6.07) is 5.34. The van der Waals surface area contributed by atoms with Crippen LogP contribution in [0.2, 0.25) is 0 Å². The molecule has 1 aromatic rings. The highest BCUT2D eigenvalue weighted by molar-refractivity contribution is 6.39. The molecule has 1 heterocycles. The second-order valence-electron chi connectivity index (χ2n) is 6.24. The quantitative estimate of drug-likeness (QED) is 0.856. The number of nitrogens with zero attached hydrogens (tertiary/aromatic N) is 2. The monoisotopic (exact) mass is 347 g/mol. The standard InChI is InChI=1S/C18H25N3O4/c1-11(2)25-15-8-6-13(10-16(15)24-5)12(3)19-18(23)14-7-9-17(22)21(4)20-14/h6,8,10-12H,7,9H2,1-5H3,(H,19,23). The van der Waals surface area contributed by atoms with Crippen LogP contribution >= 0.6 is 0 Å². The Morgan fingerprint density at radius 3 is 2.56 bits per heavy atom. The highest BCUT2D eigenvalue weighted by atomic mass is 16.5. The van der Waals surface area contributed by atoms with Crippen LogP contribution in [0, 0.1) is 0 Å². The van der Waals surface area contributed by atoms with E-state index in [-0.39, 0.29) is 24.0 Å². The molecule has 2 rings (SSSR count). The number of benzene rings is 1. The molecule has 136 valence electrons. The summed E-state index contributed by atoms with van der Waals surface area (Å²) in [5, 5.41) is 8.16. The number of hydrogen-bond acceptors (Lipinski definition) is 5. The van der Waals surface area contributed by atoms with E-state index < -0.39 is 0 Å². The van der Waals surface area contributed by atoms with E-state index in [4.69, 9.17) is 9.47 Å². The molecule has 7 nitrogen and oxygen atoms in total. The lowest BCUT2D eigenvalue weighted by atomic mass is 10.1. The van der Waals surface area contributed by atoms with Gasteiger partial charge in [0, 0.05) is 19.9 Å². The average molecular weight is 347 g/mol. The molecule has 0 aromatic heterocycles. The van der Waals surface area contributed by atoms with Crippen molar-refractivity contribution < 1.29 is 19.1 Å². The minimum absolute atomic E-state index is 0.0425. The fourth-order valence-corrected chi connectivity index (χ4v) is 2.50. The van der Waals surface area contributed by atoms with E-state index in [0.717, 1.165) is 5.56 Å². The molecule has 7 heteroatoms. The van der Waals surface area contributed by atoms with Gasteiger partial charge >= 0.3 is 0 Å². The van der Waals surface area contributed by atoms with Crippen LogP contribution in [0.15, 0.2) is 23.3 Å². The molecule has 1 aliphatic heterocycles. The first kappa shape index (κ1) is 18.8. The van der Waals surface area contributed by atoms with E-state index in [2.05, 4.69) is 10.4 Å². The number of carbonyl (C=O) groups excluding carboxylic acids is 2. The molecule has 0 aliphatic carbocycles. The van der Waals surface area contributed by atoms with E-state index in [1.54, 1.807) is 14.2 Å². The largest absolute Gasteiger partial charge is 0.493 e. The molecule has 1 aromatic carbocycles. The predicted molar refractivity (Wildman–Crippen MR) is 94.8 cm³/mol. The molecule has 1 unspecified atom stereocenters. The maximum absolute atomic E-state index is 12.4. The lowest BCUT2D eigenvalue weighted by Crippen LogP contribution is -2.38. The summed E-state index contributed by atoms with van der Waals surface area (Å²) in [7, 11) is 3.13. The van der Waals surface area contributed by atoms with Crippen LogP contribution in [0.25, 0.3) is 0 Å². The summed E-state index contributed by atoms with van der Waals surface area (Å²) < 4.78 is 11.1. The van der Waals surface area contributed by atoms with Gasteiger partial charge in [0.1, 0.15) is 5.71 Å². The molecule has 0 saturated carbocycles. The van der Waals surface area contributed by atoms with Crippen molar-refractivity contribution in [2.24, 2.45) is 5.10 Å². The third kappa shape index (κ3) is 4.71. The molecule has 0 saturated heterocycles. The maximum atomic E-state index is 12.4. The highest BCUT2D eigenvalue weighted by Crippen LogP contribution is 2.31. The van der Waals surface area contributed by atoms with Crippen LogP contribution in [-0.4, -0.2) is 42.8 Å². The molecule has 0 spiro atoms. The molecule has 0 radical (unpaired) electrons. The van der Waals surface area contributed by atoms with Crippen molar-refractivity contribution in [3.8, 4) is 11.5 Å². The lowest BCUT2D eigenvalue weighted by molar-refractivity contribution is -0.130. The number of carbonyl (C=O) groups is 2. The normalized spacial score (nSPS) is 15.7. The van der Waals surface area contributed by atoms with Crippen LogP contribution in [0.1, 0.15) is 45.2 Å². The molecule has 0 fully saturated rings. The van der Waals surface area contributed by atoms with Gasteiger partial charge in [0.05, 0.1) is 19.3 Å². The van der Waals surface area contributed by atoms with Gasteiger partial charge in [-0.1, -0.05) is 6.07 Å². The van der Waals surface area contributed by atoms with Crippen LogP contribution < -0.4 is 14.8 Å². The summed E-state index contributed by atoms with van der Waals surface area (Å²) in [5.41, 5.74) is 1.25. The molecule has 1 aliphatic rings. The zero-order chi connectivity index (χ0) is 18.6. The predicted octanol–water partition coefficient (Wildman–Crippen LogP) is 2.27. The Morgan fingerprint density at radius 1 is 1.24 bits per heavy atom. The minimum atomic E-state index is -0.270. The van der Waals surface area contributed by atoms with E-state index in [1.165, 1.54) is 5.01 Å². The van der Waals surface area contributed by atoms with Crippen LogP contribution in [-0.2, 0) is 9.59 Å². The van der Waals surface area contributed by atoms with Crippen molar-refractivity contribution >= 4 is 17.5 Å². The zero-order valence-corrected chi connectivity index (χ0v) is 15.3. The first-order valence-electron chi connectivity index (χ1n) is 8.31. The summed E-state index contributed by atoms with van der Waals surface area (Å²) >= 11 is 0. The van der Waals surface area contributed by atoms with E-state index in [0.29, 0.717) is 30.1 Å². The second-order valence-corrected chi connectivity index (χ2v) is 6.24. The number of nitrogens with one attached hydrogen (secondary N) is 1. The first-order valence-corrected chi connectivity index (χ1v) is 8.31. The van der Waals surface area contributed by atoms with E-state index in [1.807, 2.05) is 39.0 Å². The van der Waals surface area contributed by atoms with Gasteiger partial charge in [-0.05, 0) is 38.5 Å². The number of ether oxygens (including phenoxy) is 2. The Labute approximate surface area is 148 Å². The molecule has 25 heavy (non-hydrogen) atoms. The molecule has 0 bridgehead atoms. The Hall–Kier alpha value is -2.57. The topological polar surface area (TPSA) is 80.2 Å². The smallest absolute Gasteiger partial charge is 0.267 e. The fraction of sp³-hybridized carbons (Fsp3) is 0.500. The summed E-state index contributed by atoms with van der Waals surface area (Å²) in [6.07, 6.45) is 0.694. The van der Waals surface area contributed by atoms with Crippen molar-refractivity contribution in [3.05, 3.63) is 23.8 Å². The maximum Gasteiger partial charge on any atom is 0.267 e. The van der Waals surface area contributed by atoms with Crippen LogP contribution in [0.3, 0.4) is 0 Å². The van der Waals surface area contributed by atoms with Crippen LogP contribution in [0.4, 0.5) is 0 Å². The SMILES string of the molecule is COc1cc(C(C)NC(=O)C2=NN(C)C(=O)CC2)ccc1OC(C)C. The molecule has 1 N–H and O–H groups in total. The van der Waals surface area contributed by atoms with Gasteiger partial charge < -0.3 is 14.8 Å². The number of hydrazone groups is 1. The number of amides is 2. The van der Waals surface area contributed by atoms with Gasteiger partial charge in [-0.2, -0.15) is 5.10 Å². The Kier molecular flexibility index (Phi) is 6.01. The zero-order valence-electron chi connectivity index (χ0n) is 15.3. The van der Waals surface area contributed by atoms with Crippen molar-refractivity contribution in [3.63, 3.8) is 0 Å². The molecule has 2 amide bonds. The van der Waals surface area contributed by atoms with E-state index >= 15 is 0 Å². The number of methoxy groups -OCH3 is 1. The van der Waals surface area contributed by atoms with Gasteiger partial charge in [-0.3, -0.25) is 9.59 Å². The highest BCUT2D eigenvalue weighted by Gasteiger charge is 2.23. The Balaban J connectivity index is 2.10. The van der Waals surface area contributed by atoms with Crippen LogP contribution in [0.5, 0.6) is 11.5 Å². The van der Waals surface area contributed by atoms with Gasteiger partial charge in [0.15, 0.2) is 11.5 Å². The van der Waals surface area contributed by atoms with Gasteiger partial charge in [-0.15, -0.1) is 0 Å². The average Bonchev–Trinajstić information content (AvgIpc) is 2.57. The minimum Gasteiger partial charge on any atom is -0.493 e. The van der Waals surface area contributed by atoms with Crippen molar-refractivity contribution in [1.82, 2.24) is 10.3 Å². The summed E-state index contributed by atoms with van der Waals surface area (Å²) in [5.74, 6) is 0.924. The number of hydrogen-bond donors (Lipinski definition) is 1. The van der Waals surface area contributed by atoms with Crippen molar-refractivity contribution in [2.45, 2.75) is 45.8 Å².